The van der Waals surface area contributed by atoms with Gasteiger partial charge in [0.25, 0.3) is 0 Å². The van der Waals surface area contributed by atoms with Crippen LogP contribution in [0.3, 0.4) is 0 Å². The van der Waals surface area contributed by atoms with E-state index < -0.39 is 0 Å². The van der Waals surface area contributed by atoms with Crippen molar-refractivity contribution in [2.24, 2.45) is 0 Å². The van der Waals surface area contributed by atoms with E-state index in [1.54, 1.807) is 0 Å². The van der Waals surface area contributed by atoms with Gasteiger partial charge in [-0.05, 0) is 54.6 Å². The van der Waals surface area contributed by atoms with E-state index in [1.165, 1.54) is 0 Å². The summed E-state index contributed by atoms with van der Waals surface area (Å²) < 4.78 is 0. The molecular formula is C65H43N9. The Kier molecular flexibility index (Phi) is 11.3. The molecular weight excluding hydrogens is 907 g/mol. The Hall–Kier alpha value is -10.3. The molecule has 0 N–H and O–H groups in total. The van der Waals surface area contributed by atoms with Crippen molar-refractivity contribution in [1.82, 2.24) is 34.9 Å². The molecule has 0 aliphatic carbocycles. The third-order valence-electron chi connectivity index (χ3n) is 13.1. The molecule has 9 heteroatoms. The first-order valence-corrected chi connectivity index (χ1v) is 24.5. The van der Waals surface area contributed by atoms with Gasteiger partial charge in [-0.25, -0.2) is 34.9 Å². The molecule has 0 atom stereocenters. The van der Waals surface area contributed by atoms with Crippen LogP contribution in [0.4, 0.5) is 34.4 Å². The Labute approximate surface area is 428 Å². The standard InChI is InChI=1S/C65H43N9/c1-7-23-44(24-8-1)52-42-53(45-25-9-2-10-26-45)67-64(66-52)51-41-50(63-71-61(48-31-15-5-16-32-48)70-62(72-63)49-33-17-6-18-34-49)39-40-56(51)73-57-35-19-21-37-59(57)74(60-38-22-20-36-58(60)73)65-68-54(46-27-11-3-12-28-46)43-55(69-65)47-29-13-4-14-30-47/h1-43H. The second kappa shape index (κ2) is 19.2. The quantitative estimate of drug-likeness (QED) is 0.133. The summed E-state index contributed by atoms with van der Waals surface area (Å²) in [4.78, 5) is 41.5. The van der Waals surface area contributed by atoms with E-state index in [4.69, 9.17) is 34.9 Å². The molecule has 1 aliphatic rings. The fourth-order valence-electron chi connectivity index (χ4n) is 9.54. The van der Waals surface area contributed by atoms with Gasteiger partial charge in [0.15, 0.2) is 23.3 Å². The van der Waals surface area contributed by atoms with Crippen LogP contribution in [0.2, 0.25) is 0 Å². The number of fused-ring (bicyclic) bond motifs is 2. The molecule has 12 aromatic rings. The third kappa shape index (κ3) is 8.40. The topological polar surface area (TPSA) is 96.7 Å². The molecule has 0 spiro atoms. The smallest absolute Gasteiger partial charge is 0.235 e. The minimum Gasteiger partial charge on any atom is -0.306 e. The van der Waals surface area contributed by atoms with Gasteiger partial charge in [-0.1, -0.05) is 206 Å². The Bertz CT molecular complexity index is 3730. The summed E-state index contributed by atoms with van der Waals surface area (Å²) in [6.07, 6.45) is 0. The number of hydrogen-bond donors (Lipinski definition) is 0. The van der Waals surface area contributed by atoms with Crippen LogP contribution in [0.15, 0.2) is 261 Å². The first-order valence-electron chi connectivity index (χ1n) is 24.5. The lowest BCUT2D eigenvalue weighted by Gasteiger charge is -2.40. The molecule has 0 bridgehead atoms. The number of anilines is 6. The van der Waals surface area contributed by atoms with Crippen molar-refractivity contribution in [2.45, 2.75) is 0 Å². The fourth-order valence-corrected chi connectivity index (χ4v) is 9.54. The summed E-state index contributed by atoms with van der Waals surface area (Å²) in [5.41, 5.74) is 14.9. The van der Waals surface area contributed by atoms with Crippen molar-refractivity contribution in [3.05, 3.63) is 261 Å². The summed E-state index contributed by atoms with van der Waals surface area (Å²) in [5, 5.41) is 0. The molecule has 0 saturated carbocycles. The van der Waals surface area contributed by atoms with Crippen molar-refractivity contribution in [2.75, 3.05) is 9.80 Å². The average Bonchev–Trinajstić information content (AvgIpc) is 3.50. The number of benzene rings is 9. The number of hydrogen-bond acceptors (Lipinski definition) is 9. The maximum absolute atomic E-state index is 5.45. The van der Waals surface area contributed by atoms with E-state index in [0.29, 0.717) is 29.2 Å². The lowest BCUT2D eigenvalue weighted by molar-refractivity contribution is 1.06. The highest BCUT2D eigenvalue weighted by molar-refractivity contribution is 6.03. The van der Waals surface area contributed by atoms with Crippen LogP contribution in [0, 0.1) is 0 Å². The van der Waals surface area contributed by atoms with Crippen LogP contribution in [0.25, 0.3) is 90.6 Å². The summed E-state index contributed by atoms with van der Waals surface area (Å²) in [6, 6.07) is 88.5. The average molecular weight is 950 g/mol. The predicted molar refractivity (Wildman–Crippen MR) is 297 cm³/mol. The van der Waals surface area contributed by atoms with Gasteiger partial charge < -0.3 is 4.90 Å². The van der Waals surface area contributed by atoms with Crippen LogP contribution in [-0.2, 0) is 0 Å². The molecule has 348 valence electrons. The van der Waals surface area contributed by atoms with Gasteiger partial charge in [0.05, 0.1) is 51.2 Å². The van der Waals surface area contributed by atoms with Crippen molar-refractivity contribution in [3.63, 3.8) is 0 Å². The Morgan fingerprint density at radius 3 is 0.892 bits per heavy atom. The van der Waals surface area contributed by atoms with E-state index in [2.05, 4.69) is 137 Å². The molecule has 0 fully saturated rings. The predicted octanol–water partition coefficient (Wildman–Crippen LogP) is 16.0. The molecule has 4 heterocycles. The van der Waals surface area contributed by atoms with Crippen molar-refractivity contribution in [1.29, 1.82) is 0 Å². The Morgan fingerprint density at radius 2 is 0.514 bits per heavy atom. The summed E-state index contributed by atoms with van der Waals surface area (Å²) in [6.45, 7) is 0. The molecule has 0 unspecified atom stereocenters. The lowest BCUT2D eigenvalue weighted by Crippen LogP contribution is -2.25. The molecule has 3 aromatic heterocycles. The monoisotopic (exact) mass is 949 g/mol. The fraction of sp³-hybridized carbons (Fsp3) is 0. The van der Waals surface area contributed by atoms with Crippen LogP contribution in [0.1, 0.15) is 0 Å². The second-order valence-corrected chi connectivity index (χ2v) is 17.8. The molecule has 1 aliphatic heterocycles. The van der Waals surface area contributed by atoms with Crippen molar-refractivity contribution < 1.29 is 0 Å². The first-order chi connectivity index (χ1) is 36.7. The zero-order valence-corrected chi connectivity index (χ0v) is 39.9. The van der Waals surface area contributed by atoms with Crippen molar-refractivity contribution >= 4 is 34.4 Å². The number of nitrogens with zero attached hydrogens (tertiary/aromatic N) is 9. The van der Waals surface area contributed by atoms with Gasteiger partial charge in [-0.15, -0.1) is 0 Å². The highest BCUT2D eigenvalue weighted by atomic mass is 15.3. The third-order valence-corrected chi connectivity index (χ3v) is 13.1. The zero-order chi connectivity index (χ0) is 49.2. The zero-order valence-electron chi connectivity index (χ0n) is 39.9. The number of para-hydroxylation sites is 4. The van der Waals surface area contributed by atoms with Crippen LogP contribution < -0.4 is 9.80 Å². The summed E-state index contributed by atoms with van der Waals surface area (Å²) >= 11 is 0. The molecule has 0 amide bonds. The lowest BCUT2D eigenvalue weighted by atomic mass is 10.0. The molecule has 9 aromatic carbocycles. The molecule has 0 radical (unpaired) electrons. The first kappa shape index (κ1) is 43.7. The van der Waals surface area contributed by atoms with Gasteiger partial charge in [0.2, 0.25) is 5.95 Å². The van der Waals surface area contributed by atoms with Crippen LogP contribution in [-0.4, -0.2) is 34.9 Å². The Morgan fingerprint density at radius 1 is 0.203 bits per heavy atom. The normalized spacial score (nSPS) is 11.7. The van der Waals surface area contributed by atoms with E-state index in [9.17, 15) is 0 Å². The molecule has 74 heavy (non-hydrogen) atoms. The summed E-state index contributed by atoms with van der Waals surface area (Å²) in [5.74, 6) is 2.74. The highest BCUT2D eigenvalue weighted by Gasteiger charge is 2.34. The maximum atomic E-state index is 5.45. The van der Waals surface area contributed by atoms with Gasteiger partial charge >= 0.3 is 0 Å². The maximum Gasteiger partial charge on any atom is 0.235 e. The van der Waals surface area contributed by atoms with Gasteiger partial charge in [0.1, 0.15) is 0 Å². The minimum absolute atomic E-state index is 0.517. The molecule has 9 nitrogen and oxygen atoms in total. The van der Waals surface area contributed by atoms with Gasteiger partial charge in [-0.2, -0.15) is 0 Å². The summed E-state index contributed by atoms with van der Waals surface area (Å²) in [7, 11) is 0. The van der Waals surface area contributed by atoms with E-state index in [-0.39, 0.29) is 0 Å². The minimum atomic E-state index is 0.517. The van der Waals surface area contributed by atoms with E-state index in [1.807, 2.05) is 133 Å². The SMILES string of the molecule is c1ccc(-c2cc(-c3ccccc3)nc(-c3cc(-c4nc(-c5ccccc5)nc(-c5ccccc5)n4)ccc3N3c4ccccc4N(c4nc(-c5ccccc5)cc(-c5ccccc5)n4)c4ccccc43)n2)cc1. The molecule has 13 rings (SSSR count). The van der Waals surface area contributed by atoms with Gasteiger partial charge in [0, 0.05) is 44.5 Å². The van der Waals surface area contributed by atoms with Crippen molar-refractivity contribution in [3.8, 4) is 90.6 Å². The highest BCUT2D eigenvalue weighted by Crippen LogP contribution is 2.55. The van der Waals surface area contributed by atoms with E-state index >= 15 is 0 Å². The van der Waals surface area contributed by atoms with E-state index in [0.717, 1.165) is 95.7 Å². The second-order valence-electron chi connectivity index (χ2n) is 17.8. The van der Waals surface area contributed by atoms with Crippen LogP contribution in [0.5, 0.6) is 0 Å². The number of aromatic nitrogens is 7. The molecule has 0 saturated heterocycles. The van der Waals surface area contributed by atoms with Crippen LogP contribution >= 0.6 is 0 Å². The largest absolute Gasteiger partial charge is 0.306 e. The number of rotatable bonds is 10. The Balaban J connectivity index is 1.05. The van der Waals surface area contributed by atoms with Gasteiger partial charge in [-0.3, -0.25) is 4.90 Å².